The first-order chi connectivity index (χ1) is 12.5. The molecule has 5 rings (SSSR count). The summed E-state index contributed by atoms with van der Waals surface area (Å²) in [4.78, 5) is 4.71. The summed E-state index contributed by atoms with van der Waals surface area (Å²) in [5.41, 5.74) is 1.88. The summed E-state index contributed by atoms with van der Waals surface area (Å²) in [5.74, 6) is 0.834. The van der Waals surface area contributed by atoms with Crippen LogP contribution in [0.5, 0.6) is 5.75 Å². The maximum Gasteiger partial charge on any atom is 0.120 e. The van der Waals surface area contributed by atoms with Crippen LogP contribution in [0.1, 0.15) is 25.3 Å². The monoisotopic (exact) mass is 356 g/mol. The van der Waals surface area contributed by atoms with Crippen molar-refractivity contribution in [2.45, 2.75) is 49.5 Å². The number of nitrogens with zero attached hydrogens (tertiary/aromatic N) is 2. The molecule has 0 amide bonds. The Kier molecular flexibility index (Phi) is 3.35. The largest absolute Gasteiger partial charge is 0.497 e. The molecule has 5 nitrogen and oxygen atoms in total. The molecule has 1 aromatic carbocycles. The Morgan fingerprint density at radius 1 is 1.31 bits per heavy atom. The average Bonchev–Trinajstić information content (AvgIpc) is 3.17. The van der Waals surface area contributed by atoms with Gasteiger partial charge in [0.2, 0.25) is 0 Å². The predicted octanol–water partition coefficient (Wildman–Crippen LogP) is 1.53. The summed E-state index contributed by atoms with van der Waals surface area (Å²) in [5, 5.41) is 22.5. The van der Waals surface area contributed by atoms with Gasteiger partial charge >= 0.3 is 0 Å². The molecule has 4 aliphatic rings. The minimum absolute atomic E-state index is 0.110. The van der Waals surface area contributed by atoms with Crippen LogP contribution in [-0.4, -0.2) is 66.7 Å². The lowest BCUT2D eigenvalue weighted by Gasteiger charge is -2.60. The minimum atomic E-state index is -0.780. The van der Waals surface area contributed by atoms with Gasteiger partial charge < -0.3 is 19.8 Å². The van der Waals surface area contributed by atoms with Gasteiger partial charge in [0.05, 0.1) is 19.3 Å². The van der Waals surface area contributed by atoms with E-state index in [1.165, 1.54) is 5.56 Å². The summed E-state index contributed by atoms with van der Waals surface area (Å²) >= 11 is 0. The predicted molar refractivity (Wildman–Crippen MR) is 101 cm³/mol. The first kappa shape index (κ1) is 16.6. The van der Waals surface area contributed by atoms with E-state index in [-0.39, 0.29) is 17.5 Å². The molecule has 26 heavy (non-hydrogen) atoms. The Balaban J connectivity index is 1.78. The van der Waals surface area contributed by atoms with Crippen molar-refractivity contribution < 1.29 is 14.9 Å². The van der Waals surface area contributed by atoms with E-state index >= 15 is 0 Å². The van der Waals surface area contributed by atoms with E-state index in [1.54, 1.807) is 7.11 Å². The Morgan fingerprint density at radius 2 is 2.12 bits per heavy atom. The molecule has 2 N–H and O–H groups in total. The van der Waals surface area contributed by atoms with Gasteiger partial charge in [0, 0.05) is 42.2 Å². The molecule has 1 saturated carbocycles. The number of ether oxygens (including phenoxy) is 1. The Labute approximate surface area is 154 Å². The number of aliphatic hydroxyl groups excluding tert-OH is 2. The molecule has 0 bridgehead atoms. The van der Waals surface area contributed by atoms with E-state index in [9.17, 15) is 10.2 Å². The van der Waals surface area contributed by atoms with Crippen LogP contribution in [0.25, 0.3) is 0 Å². The van der Waals surface area contributed by atoms with Gasteiger partial charge in [-0.25, -0.2) is 0 Å². The smallest absolute Gasteiger partial charge is 0.120 e. The van der Waals surface area contributed by atoms with Crippen molar-refractivity contribution in [3.63, 3.8) is 0 Å². The summed E-state index contributed by atoms with van der Waals surface area (Å²) in [6.45, 7) is 4.08. The van der Waals surface area contributed by atoms with Crippen LogP contribution in [0.15, 0.2) is 30.4 Å². The van der Waals surface area contributed by atoms with Crippen LogP contribution < -0.4 is 9.64 Å². The number of likely N-dealkylation sites (N-methyl/N-ethyl adjacent to an activating group) is 1. The number of benzene rings is 1. The highest BCUT2D eigenvalue weighted by Gasteiger charge is 2.72. The van der Waals surface area contributed by atoms with Crippen LogP contribution >= 0.6 is 0 Å². The summed E-state index contributed by atoms with van der Waals surface area (Å²) in [7, 11) is 3.74. The molecule has 0 aromatic heterocycles. The Morgan fingerprint density at radius 3 is 2.85 bits per heavy atom. The molecule has 1 saturated heterocycles. The number of aliphatic hydroxyl groups is 2. The molecular weight excluding hydrogens is 328 g/mol. The van der Waals surface area contributed by atoms with Crippen molar-refractivity contribution in [2.75, 3.05) is 32.1 Å². The fraction of sp³-hybridized carbons (Fsp3) is 0.619. The third kappa shape index (κ3) is 1.63. The number of rotatable bonds is 2. The van der Waals surface area contributed by atoms with Crippen molar-refractivity contribution in [3.05, 3.63) is 35.9 Å². The zero-order valence-corrected chi connectivity index (χ0v) is 15.7. The molecule has 3 heterocycles. The molecule has 5 heteroatoms. The second kappa shape index (κ2) is 5.24. The number of fused-ring (bicyclic) bond motifs is 1. The SMILES string of the molecule is CCC12C=CCN3CCC4(c5ccc(OC)cc5N(C)C4C(O)C1O)C32. The van der Waals surface area contributed by atoms with Gasteiger partial charge in [-0.15, -0.1) is 0 Å². The highest BCUT2D eigenvalue weighted by Crippen LogP contribution is 2.64. The van der Waals surface area contributed by atoms with E-state index in [0.29, 0.717) is 0 Å². The van der Waals surface area contributed by atoms with Crippen LogP contribution in [0, 0.1) is 5.41 Å². The van der Waals surface area contributed by atoms with Gasteiger partial charge in [-0.2, -0.15) is 0 Å². The Hall–Kier alpha value is -1.56. The Bertz CT molecular complexity index is 781. The molecule has 1 aliphatic carbocycles. The van der Waals surface area contributed by atoms with Gasteiger partial charge in [-0.1, -0.05) is 25.1 Å². The van der Waals surface area contributed by atoms with E-state index in [2.05, 4.69) is 41.0 Å². The lowest BCUT2D eigenvalue weighted by atomic mass is 9.51. The normalized spacial score (nSPS) is 43.2. The summed E-state index contributed by atoms with van der Waals surface area (Å²) < 4.78 is 5.45. The van der Waals surface area contributed by atoms with E-state index in [1.807, 2.05) is 13.1 Å². The van der Waals surface area contributed by atoms with Crippen LogP contribution in [0.2, 0.25) is 0 Å². The van der Waals surface area contributed by atoms with E-state index in [4.69, 9.17) is 4.74 Å². The number of hydrogen-bond donors (Lipinski definition) is 2. The second-order valence-electron chi connectivity index (χ2n) is 8.43. The van der Waals surface area contributed by atoms with Crippen molar-refractivity contribution in [2.24, 2.45) is 5.41 Å². The van der Waals surface area contributed by atoms with Gasteiger partial charge in [0.1, 0.15) is 11.9 Å². The fourth-order valence-corrected chi connectivity index (χ4v) is 6.81. The first-order valence-corrected chi connectivity index (χ1v) is 9.70. The zero-order valence-electron chi connectivity index (χ0n) is 15.7. The van der Waals surface area contributed by atoms with E-state index < -0.39 is 17.6 Å². The maximum absolute atomic E-state index is 11.3. The number of anilines is 1. The van der Waals surface area contributed by atoms with Gasteiger partial charge in [0.25, 0.3) is 0 Å². The number of methoxy groups -OCH3 is 1. The maximum atomic E-state index is 11.3. The van der Waals surface area contributed by atoms with Crippen molar-refractivity contribution in [1.29, 1.82) is 0 Å². The molecule has 2 fully saturated rings. The van der Waals surface area contributed by atoms with Gasteiger partial charge in [-0.3, -0.25) is 4.90 Å². The molecule has 0 radical (unpaired) electrons. The van der Waals surface area contributed by atoms with Crippen LogP contribution in [0.3, 0.4) is 0 Å². The lowest BCUT2D eigenvalue weighted by Crippen LogP contribution is -2.73. The third-order valence-corrected chi connectivity index (χ3v) is 7.78. The van der Waals surface area contributed by atoms with E-state index in [0.717, 1.165) is 37.4 Å². The number of hydrogen-bond acceptors (Lipinski definition) is 5. The topological polar surface area (TPSA) is 56.2 Å². The van der Waals surface area contributed by atoms with Crippen molar-refractivity contribution >= 4 is 5.69 Å². The molecule has 1 spiro atoms. The second-order valence-corrected chi connectivity index (χ2v) is 8.43. The molecule has 140 valence electrons. The minimum Gasteiger partial charge on any atom is -0.497 e. The highest BCUT2D eigenvalue weighted by molar-refractivity contribution is 5.69. The fourth-order valence-electron chi connectivity index (χ4n) is 6.81. The van der Waals surface area contributed by atoms with Crippen LogP contribution in [0.4, 0.5) is 5.69 Å². The quantitative estimate of drug-likeness (QED) is 0.787. The molecule has 6 unspecified atom stereocenters. The van der Waals surface area contributed by atoms with Gasteiger partial charge in [0.15, 0.2) is 0 Å². The van der Waals surface area contributed by atoms with Crippen LogP contribution in [-0.2, 0) is 5.41 Å². The third-order valence-electron chi connectivity index (χ3n) is 7.78. The summed E-state index contributed by atoms with van der Waals surface area (Å²) in [6.07, 6.45) is 4.69. The zero-order chi connectivity index (χ0) is 18.3. The van der Waals surface area contributed by atoms with Gasteiger partial charge in [-0.05, 0) is 31.0 Å². The molecule has 3 aliphatic heterocycles. The molecular formula is C21H28N2O3. The van der Waals surface area contributed by atoms with Crippen molar-refractivity contribution in [1.82, 2.24) is 4.90 Å². The average molecular weight is 356 g/mol. The highest BCUT2D eigenvalue weighted by atomic mass is 16.5. The standard InChI is InChI=1S/C21H28N2O3/c1-4-20-8-5-10-23-11-9-21(19(20)23)14-7-6-13(26-3)12-15(14)22(2)17(21)16(24)18(20)25/h5-8,12,16-19,24-25H,4,9-11H2,1-3H3. The lowest BCUT2D eigenvalue weighted by molar-refractivity contribution is -0.139. The molecule has 1 aromatic rings. The molecule has 6 atom stereocenters. The first-order valence-electron chi connectivity index (χ1n) is 9.70. The summed E-state index contributed by atoms with van der Waals surface area (Å²) in [6, 6.07) is 6.41. The van der Waals surface area contributed by atoms with Crippen molar-refractivity contribution in [3.8, 4) is 5.75 Å².